The molecule has 20 heavy (non-hydrogen) atoms. The summed E-state index contributed by atoms with van der Waals surface area (Å²) in [6.07, 6.45) is 1.37. The van der Waals surface area contributed by atoms with Crippen molar-refractivity contribution in [2.75, 3.05) is 20.2 Å². The molecule has 0 saturated carbocycles. The lowest BCUT2D eigenvalue weighted by molar-refractivity contribution is -0.145. The number of piperazine rings is 1. The summed E-state index contributed by atoms with van der Waals surface area (Å²) in [4.78, 5) is 25.4. The molecule has 5 nitrogen and oxygen atoms in total. The third kappa shape index (κ3) is 3.10. The standard InChI is InChI=1S/C15H20N2O3/c1-3-13-15(19)16-10-14(18)17(13)9-8-11-4-6-12(20-2)7-5-11/h4-7,13H,3,8-10H2,1-2H3,(H,16,19). The molecular formula is C15H20N2O3. The van der Waals surface area contributed by atoms with E-state index in [1.54, 1.807) is 12.0 Å². The molecule has 1 aromatic rings. The van der Waals surface area contributed by atoms with Crippen LogP contribution in [0.2, 0.25) is 0 Å². The Kier molecular flexibility index (Phi) is 4.61. The zero-order valence-electron chi connectivity index (χ0n) is 11.9. The van der Waals surface area contributed by atoms with Crippen LogP contribution >= 0.6 is 0 Å². The van der Waals surface area contributed by atoms with Crippen LogP contribution in [0.25, 0.3) is 0 Å². The molecule has 0 bridgehead atoms. The fourth-order valence-electron chi connectivity index (χ4n) is 2.43. The molecule has 0 aliphatic carbocycles. The molecule has 2 amide bonds. The van der Waals surface area contributed by atoms with Gasteiger partial charge < -0.3 is 15.0 Å². The number of hydrogen-bond acceptors (Lipinski definition) is 3. The number of ether oxygens (including phenoxy) is 1. The molecule has 1 N–H and O–H groups in total. The number of amides is 2. The SMILES string of the molecule is CCC1C(=O)NCC(=O)N1CCc1ccc(OC)cc1. The molecular weight excluding hydrogens is 256 g/mol. The van der Waals surface area contributed by atoms with Crippen molar-refractivity contribution in [3.63, 3.8) is 0 Å². The van der Waals surface area contributed by atoms with Crippen LogP contribution in [0, 0.1) is 0 Å². The second-order valence-electron chi connectivity index (χ2n) is 4.83. The number of benzene rings is 1. The van der Waals surface area contributed by atoms with Crippen LogP contribution in [-0.2, 0) is 16.0 Å². The van der Waals surface area contributed by atoms with E-state index >= 15 is 0 Å². The van der Waals surface area contributed by atoms with Crippen LogP contribution in [0.1, 0.15) is 18.9 Å². The lowest BCUT2D eigenvalue weighted by Gasteiger charge is -2.34. The minimum absolute atomic E-state index is 0.00929. The summed E-state index contributed by atoms with van der Waals surface area (Å²) in [6, 6.07) is 7.42. The molecule has 0 aromatic heterocycles. The van der Waals surface area contributed by atoms with Crippen molar-refractivity contribution in [3.05, 3.63) is 29.8 Å². The molecule has 2 rings (SSSR count). The van der Waals surface area contributed by atoms with Crippen molar-refractivity contribution < 1.29 is 14.3 Å². The third-order valence-corrected chi connectivity index (χ3v) is 3.60. The van der Waals surface area contributed by atoms with E-state index in [2.05, 4.69) is 5.32 Å². The lowest BCUT2D eigenvalue weighted by Crippen LogP contribution is -2.58. The molecule has 1 heterocycles. The Hall–Kier alpha value is -2.04. The van der Waals surface area contributed by atoms with Gasteiger partial charge in [0, 0.05) is 6.54 Å². The van der Waals surface area contributed by atoms with Crippen molar-refractivity contribution in [2.24, 2.45) is 0 Å². The summed E-state index contributed by atoms with van der Waals surface area (Å²) in [5, 5.41) is 2.63. The third-order valence-electron chi connectivity index (χ3n) is 3.60. The van der Waals surface area contributed by atoms with Crippen molar-refractivity contribution in [3.8, 4) is 5.75 Å². The maximum absolute atomic E-state index is 11.9. The average molecular weight is 276 g/mol. The van der Waals surface area contributed by atoms with E-state index in [-0.39, 0.29) is 24.4 Å². The van der Waals surface area contributed by atoms with Gasteiger partial charge in [-0.3, -0.25) is 9.59 Å². The number of nitrogens with zero attached hydrogens (tertiary/aromatic N) is 1. The summed E-state index contributed by atoms with van der Waals surface area (Å²) in [7, 11) is 1.63. The topological polar surface area (TPSA) is 58.6 Å². The zero-order valence-corrected chi connectivity index (χ0v) is 11.9. The zero-order chi connectivity index (χ0) is 14.5. The van der Waals surface area contributed by atoms with Gasteiger partial charge in [0.2, 0.25) is 11.8 Å². The summed E-state index contributed by atoms with van der Waals surface area (Å²) in [5.41, 5.74) is 1.12. The molecule has 5 heteroatoms. The average Bonchev–Trinajstić information content (AvgIpc) is 2.48. The van der Waals surface area contributed by atoms with Crippen LogP contribution in [0.5, 0.6) is 5.75 Å². The lowest BCUT2D eigenvalue weighted by atomic mass is 10.1. The maximum Gasteiger partial charge on any atom is 0.243 e. The molecule has 0 spiro atoms. The van der Waals surface area contributed by atoms with Crippen molar-refractivity contribution in [1.82, 2.24) is 10.2 Å². The number of carbonyl (C=O) groups is 2. The molecule has 1 fully saturated rings. The molecule has 1 unspecified atom stereocenters. The first-order valence-electron chi connectivity index (χ1n) is 6.85. The molecule has 1 atom stereocenters. The van der Waals surface area contributed by atoms with Crippen LogP contribution in [0.4, 0.5) is 0 Å². The number of hydrogen-bond donors (Lipinski definition) is 1. The smallest absolute Gasteiger partial charge is 0.243 e. The van der Waals surface area contributed by atoms with Crippen LogP contribution in [-0.4, -0.2) is 43.0 Å². The second-order valence-corrected chi connectivity index (χ2v) is 4.83. The highest BCUT2D eigenvalue weighted by atomic mass is 16.5. The largest absolute Gasteiger partial charge is 0.497 e. The summed E-state index contributed by atoms with van der Waals surface area (Å²) in [6.45, 7) is 2.60. The van der Waals surface area contributed by atoms with Gasteiger partial charge in [-0.15, -0.1) is 0 Å². The van der Waals surface area contributed by atoms with Crippen LogP contribution in [0.3, 0.4) is 0 Å². The van der Waals surface area contributed by atoms with E-state index in [0.29, 0.717) is 13.0 Å². The Bertz CT molecular complexity index is 484. The highest BCUT2D eigenvalue weighted by Gasteiger charge is 2.32. The Balaban J connectivity index is 1.99. The van der Waals surface area contributed by atoms with E-state index in [1.807, 2.05) is 31.2 Å². The van der Waals surface area contributed by atoms with Crippen molar-refractivity contribution >= 4 is 11.8 Å². The number of nitrogens with one attached hydrogen (secondary N) is 1. The van der Waals surface area contributed by atoms with Gasteiger partial charge in [0.25, 0.3) is 0 Å². The highest BCUT2D eigenvalue weighted by Crippen LogP contribution is 2.14. The summed E-state index contributed by atoms with van der Waals surface area (Å²) >= 11 is 0. The van der Waals surface area contributed by atoms with E-state index in [9.17, 15) is 9.59 Å². The molecule has 1 aliphatic rings. The van der Waals surface area contributed by atoms with Crippen LogP contribution < -0.4 is 10.1 Å². The Morgan fingerprint density at radius 1 is 1.30 bits per heavy atom. The second kappa shape index (κ2) is 6.41. The fraction of sp³-hybridized carbons (Fsp3) is 0.467. The van der Waals surface area contributed by atoms with E-state index in [1.165, 1.54) is 0 Å². The maximum atomic E-state index is 11.9. The molecule has 1 saturated heterocycles. The minimum Gasteiger partial charge on any atom is -0.497 e. The van der Waals surface area contributed by atoms with Crippen LogP contribution in [0.15, 0.2) is 24.3 Å². The minimum atomic E-state index is -0.338. The predicted molar refractivity (Wildman–Crippen MR) is 75.5 cm³/mol. The van der Waals surface area contributed by atoms with E-state index in [0.717, 1.165) is 17.7 Å². The van der Waals surface area contributed by atoms with Gasteiger partial charge in [-0.2, -0.15) is 0 Å². The Labute approximate surface area is 118 Å². The highest BCUT2D eigenvalue weighted by molar-refractivity contribution is 5.94. The quantitative estimate of drug-likeness (QED) is 0.872. The molecule has 1 aliphatic heterocycles. The first-order valence-corrected chi connectivity index (χ1v) is 6.85. The Morgan fingerprint density at radius 2 is 2.00 bits per heavy atom. The normalized spacial score (nSPS) is 18.9. The van der Waals surface area contributed by atoms with Gasteiger partial charge in [0.1, 0.15) is 11.8 Å². The molecule has 0 radical (unpaired) electrons. The predicted octanol–water partition coefficient (Wildman–Crippen LogP) is 0.975. The monoisotopic (exact) mass is 276 g/mol. The van der Waals surface area contributed by atoms with Gasteiger partial charge >= 0.3 is 0 Å². The van der Waals surface area contributed by atoms with E-state index in [4.69, 9.17) is 4.74 Å². The van der Waals surface area contributed by atoms with Gasteiger partial charge in [-0.1, -0.05) is 19.1 Å². The first kappa shape index (κ1) is 14.4. The van der Waals surface area contributed by atoms with Gasteiger partial charge in [0.05, 0.1) is 13.7 Å². The molecule has 108 valence electrons. The van der Waals surface area contributed by atoms with Gasteiger partial charge in [0.15, 0.2) is 0 Å². The number of methoxy groups -OCH3 is 1. The van der Waals surface area contributed by atoms with E-state index < -0.39 is 0 Å². The van der Waals surface area contributed by atoms with Crippen molar-refractivity contribution in [2.45, 2.75) is 25.8 Å². The summed E-state index contributed by atoms with van der Waals surface area (Å²) in [5.74, 6) is 0.750. The first-order chi connectivity index (χ1) is 9.65. The van der Waals surface area contributed by atoms with Crippen molar-refractivity contribution in [1.29, 1.82) is 0 Å². The number of rotatable bonds is 5. The molecule has 1 aromatic carbocycles. The fourth-order valence-corrected chi connectivity index (χ4v) is 2.43. The Morgan fingerprint density at radius 3 is 2.60 bits per heavy atom. The summed E-state index contributed by atoms with van der Waals surface area (Å²) < 4.78 is 5.11. The van der Waals surface area contributed by atoms with Gasteiger partial charge in [-0.05, 0) is 30.5 Å². The van der Waals surface area contributed by atoms with Gasteiger partial charge in [-0.25, -0.2) is 0 Å². The number of carbonyl (C=O) groups excluding carboxylic acids is 2.